The van der Waals surface area contributed by atoms with Crippen molar-refractivity contribution < 1.29 is 0 Å². The number of hydrogen-bond donors (Lipinski definition) is 1. The lowest BCUT2D eigenvalue weighted by Gasteiger charge is -2.03. The zero-order valence-electron chi connectivity index (χ0n) is 11.2. The zero-order valence-corrected chi connectivity index (χ0v) is 11.9. The highest BCUT2D eigenvalue weighted by Gasteiger charge is 2.10. The van der Waals surface area contributed by atoms with E-state index >= 15 is 0 Å². The summed E-state index contributed by atoms with van der Waals surface area (Å²) in [5, 5.41) is 1.87. The lowest BCUT2D eigenvalue weighted by molar-refractivity contribution is 1.06. The van der Waals surface area contributed by atoms with E-state index in [9.17, 15) is 0 Å². The summed E-state index contributed by atoms with van der Waals surface area (Å²) >= 11 is 6.05. The van der Waals surface area contributed by atoms with Gasteiger partial charge in [0.15, 0.2) is 0 Å². The third-order valence-electron chi connectivity index (χ3n) is 3.63. The molecule has 0 atom stereocenters. The molecular formula is C17H12ClN3. The van der Waals surface area contributed by atoms with Crippen molar-refractivity contribution in [3.8, 4) is 0 Å². The van der Waals surface area contributed by atoms with Crippen LogP contribution >= 0.6 is 11.6 Å². The number of nitrogens with zero attached hydrogens (tertiary/aromatic N) is 2. The number of benzene rings is 2. The number of aromatic nitrogens is 3. The lowest BCUT2D eigenvalue weighted by Crippen LogP contribution is -1.94. The molecule has 3 nitrogen and oxygen atoms in total. The standard InChI is InChI=1S/C17H12ClN3/c18-12-5-3-4-11(8-12)9-15-17-16(20-10-19-15)13-6-1-2-7-14(13)21-17/h1-8,10,21H,9H2. The number of aromatic amines is 1. The fourth-order valence-electron chi connectivity index (χ4n) is 2.67. The number of H-pyrrole nitrogens is 1. The Morgan fingerprint density at radius 2 is 1.90 bits per heavy atom. The van der Waals surface area contributed by atoms with E-state index in [0.717, 1.165) is 44.6 Å². The van der Waals surface area contributed by atoms with Gasteiger partial charge in [0, 0.05) is 22.3 Å². The van der Waals surface area contributed by atoms with E-state index in [1.54, 1.807) is 6.33 Å². The van der Waals surface area contributed by atoms with Crippen molar-refractivity contribution in [3.05, 3.63) is 71.1 Å². The van der Waals surface area contributed by atoms with Gasteiger partial charge in [-0.15, -0.1) is 0 Å². The zero-order chi connectivity index (χ0) is 14.2. The highest BCUT2D eigenvalue weighted by Crippen LogP contribution is 2.26. The van der Waals surface area contributed by atoms with Gasteiger partial charge in [0.05, 0.1) is 16.7 Å². The molecule has 0 radical (unpaired) electrons. The maximum absolute atomic E-state index is 6.05. The second-order valence-corrected chi connectivity index (χ2v) is 5.46. The third kappa shape index (κ3) is 2.16. The Morgan fingerprint density at radius 1 is 1.00 bits per heavy atom. The molecule has 0 aliphatic carbocycles. The molecule has 0 spiro atoms. The normalized spacial score (nSPS) is 11.3. The topological polar surface area (TPSA) is 41.6 Å². The van der Waals surface area contributed by atoms with E-state index in [4.69, 9.17) is 11.6 Å². The van der Waals surface area contributed by atoms with Crippen molar-refractivity contribution in [2.75, 3.05) is 0 Å². The number of hydrogen-bond acceptors (Lipinski definition) is 2. The SMILES string of the molecule is Clc1cccc(Cc2ncnc3c2[nH]c2ccccc23)c1. The molecule has 0 saturated heterocycles. The molecule has 21 heavy (non-hydrogen) atoms. The summed E-state index contributed by atoms with van der Waals surface area (Å²) in [7, 11) is 0. The van der Waals surface area contributed by atoms with Gasteiger partial charge >= 0.3 is 0 Å². The first-order chi connectivity index (χ1) is 10.3. The molecule has 2 aromatic carbocycles. The minimum absolute atomic E-state index is 0.729. The largest absolute Gasteiger partial charge is 0.352 e. The summed E-state index contributed by atoms with van der Waals surface area (Å²) < 4.78 is 0. The van der Waals surface area contributed by atoms with E-state index in [0.29, 0.717) is 0 Å². The van der Waals surface area contributed by atoms with Crippen LogP contribution in [0.2, 0.25) is 5.02 Å². The maximum atomic E-state index is 6.05. The van der Waals surface area contributed by atoms with Gasteiger partial charge in [-0.25, -0.2) is 9.97 Å². The number of fused-ring (bicyclic) bond motifs is 3. The molecule has 0 aliphatic heterocycles. The van der Waals surface area contributed by atoms with Gasteiger partial charge in [-0.3, -0.25) is 0 Å². The number of nitrogens with one attached hydrogen (secondary N) is 1. The summed E-state index contributed by atoms with van der Waals surface area (Å²) in [6.07, 6.45) is 2.36. The Morgan fingerprint density at radius 3 is 2.81 bits per heavy atom. The van der Waals surface area contributed by atoms with Crippen LogP contribution in [0, 0.1) is 0 Å². The van der Waals surface area contributed by atoms with Crippen molar-refractivity contribution >= 4 is 33.5 Å². The number of rotatable bonds is 2. The lowest BCUT2D eigenvalue weighted by atomic mass is 10.1. The molecular weight excluding hydrogens is 282 g/mol. The van der Waals surface area contributed by atoms with Crippen LogP contribution in [0.5, 0.6) is 0 Å². The first-order valence-corrected chi connectivity index (χ1v) is 7.14. The molecule has 0 fully saturated rings. The smallest absolute Gasteiger partial charge is 0.116 e. The Kier molecular flexibility index (Phi) is 2.86. The Balaban J connectivity index is 1.89. The molecule has 1 N–H and O–H groups in total. The van der Waals surface area contributed by atoms with Crippen LogP contribution in [0.3, 0.4) is 0 Å². The number of para-hydroxylation sites is 1. The van der Waals surface area contributed by atoms with Crippen LogP contribution < -0.4 is 0 Å². The monoisotopic (exact) mass is 293 g/mol. The van der Waals surface area contributed by atoms with Gasteiger partial charge in [-0.2, -0.15) is 0 Å². The molecule has 4 rings (SSSR count). The molecule has 2 aromatic heterocycles. The van der Waals surface area contributed by atoms with E-state index in [1.165, 1.54) is 0 Å². The van der Waals surface area contributed by atoms with Crippen molar-refractivity contribution in [2.24, 2.45) is 0 Å². The van der Waals surface area contributed by atoms with E-state index in [2.05, 4.69) is 33.2 Å². The van der Waals surface area contributed by atoms with Crippen molar-refractivity contribution in [2.45, 2.75) is 6.42 Å². The van der Waals surface area contributed by atoms with Crippen LogP contribution in [-0.2, 0) is 6.42 Å². The Hall–Kier alpha value is -2.39. The predicted octanol–water partition coefficient (Wildman–Crippen LogP) is 4.36. The molecule has 2 heterocycles. The molecule has 0 saturated carbocycles. The minimum Gasteiger partial charge on any atom is -0.352 e. The van der Waals surface area contributed by atoms with Crippen LogP contribution in [0.4, 0.5) is 0 Å². The highest BCUT2D eigenvalue weighted by molar-refractivity contribution is 6.30. The second-order valence-electron chi connectivity index (χ2n) is 5.02. The molecule has 0 aliphatic rings. The van der Waals surface area contributed by atoms with Gasteiger partial charge in [0.25, 0.3) is 0 Å². The fraction of sp³-hybridized carbons (Fsp3) is 0.0588. The van der Waals surface area contributed by atoms with Gasteiger partial charge in [0.1, 0.15) is 6.33 Å². The quantitative estimate of drug-likeness (QED) is 0.597. The molecule has 0 amide bonds. The summed E-state index contributed by atoms with van der Waals surface area (Å²) in [5.74, 6) is 0. The first kappa shape index (κ1) is 12.4. The molecule has 102 valence electrons. The van der Waals surface area contributed by atoms with Crippen molar-refractivity contribution in [1.29, 1.82) is 0 Å². The van der Waals surface area contributed by atoms with Crippen LogP contribution in [0.15, 0.2) is 54.9 Å². The second kappa shape index (κ2) is 4.86. The average molecular weight is 294 g/mol. The van der Waals surface area contributed by atoms with Crippen LogP contribution in [0.25, 0.3) is 21.9 Å². The van der Waals surface area contributed by atoms with E-state index in [-0.39, 0.29) is 0 Å². The predicted molar refractivity (Wildman–Crippen MR) is 85.7 cm³/mol. The Labute approximate surface area is 126 Å². The van der Waals surface area contributed by atoms with Gasteiger partial charge < -0.3 is 4.98 Å². The Bertz CT molecular complexity index is 943. The summed E-state index contributed by atoms with van der Waals surface area (Å²) in [4.78, 5) is 12.3. The van der Waals surface area contributed by atoms with Gasteiger partial charge in [-0.05, 0) is 23.8 Å². The fourth-order valence-corrected chi connectivity index (χ4v) is 2.88. The van der Waals surface area contributed by atoms with Gasteiger partial charge in [-0.1, -0.05) is 41.9 Å². The van der Waals surface area contributed by atoms with E-state index < -0.39 is 0 Å². The molecule has 0 bridgehead atoms. The highest BCUT2D eigenvalue weighted by atomic mass is 35.5. The summed E-state index contributed by atoms with van der Waals surface area (Å²) in [5.41, 5.74) is 5.18. The van der Waals surface area contributed by atoms with Crippen molar-refractivity contribution in [1.82, 2.24) is 15.0 Å². The minimum atomic E-state index is 0.729. The third-order valence-corrected chi connectivity index (χ3v) is 3.86. The number of halogens is 1. The molecule has 4 aromatic rings. The molecule has 0 unspecified atom stereocenters. The van der Waals surface area contributed by atoms with Crippen LogP contribution in [0.1, 0.15) is 11.3 Å². The van der Waals surface area contributed by atoms with Gasteiger partial charge in [0.2, 0.25) is 0 Å². The van der Waals surface area contributed by atoms with Crippen LogP contribution in [-0.4, -0.2) is 15.0 Å². The average Bonchev–Trinajstić information content (AvgIpc) is 2.87. The maximum Gasteiger partial charge on any atom is 0.116 e. The van der Waals surface area contributed by atoms with E-state index in [1.807, 2.05) is 30.3 Å². The first-order valence-electron chi connectivity index (χ1n) is 6.76. The van der Waals surface area contributed by atoms with Crippen molar-refractivity contribution in [3.63, 3.8) is 0 Å². The summed E-state index contributed by atoms with van der Waals surface area (Å²) in [6, 6.07) is 16.0. The summed E-state index contributed by atoms with van der Waals surface area (Å²) in [6.45, 7) is 0. The molecule has 4 heteroatoms.